The largest absolute Gasteiger partial charge is 0.473 e. The van der Waals surface area contributed by atoms with Gasteiger partial charge in [0.1, 0.15) is 36.6 Å². The van der Waals surface area contributed by atoms with Gasteiger partial charge in [0.05, 0.1) is 93.7 Å². The summed E-state index contributed by atoms with van der Waals surface area (Å²) in [4.78, 5) is 91.0. The van der Waals surface area contributed by atoms with E-state index in [0.29, 0.717) is 38.3 Å². The highest BCUT2D eigenvalue weighted by atomic mass is 32.5. The third-order valence-corrected chi connectivity index (χ3v) is 18.1. The fourth-order valence-electron chi connectivity index (χ4n) is 11.7. The van der Waals surface area contributed by atoms with Crippen molar-refractivity contribution in [1.82, 2.24) is 58.6 Å². The van der Waals surface area contributed by atoms with Crippen molar-refractivity contribution < 1.29 is 79.8 Å². The number of rotatable bonds is 25. The highest BCUT2D eigenvalue weighted by Crippen LogP contribution is 2.55. The zero-order chi connectivity index (χ0) is 75.3. The standard InChI is InChI=1S/C21H36N5O8P.C21H36N5O7PS.C21H35N5O5/c1-20(2,3)10-12-14(33-35(28,29)34-21(4,5)6)15(31-9-8-30-7)18(32-12)26-11-23-13-16(26)24-19(22)25-17(13)27;1-20(2,3)10-12-14(32-34(28,35)33-21(4,5)6)15(30-9-8-29-7)18(31-12)26-11-23-13-16(26)24-19(22)25-17(13)27;1-20(2,3)10-12-14(31-21(4,5)6)15(29-9-8-28-7)18(30-12)26-11-23-13-16(26)24-19(22)25-17(13)27/h11-12,14-15,18H,8-10H2,1-7H3,(H,28,29)(H3,22,24,25,27);11-12,14-15,18H,8-10H2,1-7H3,(H,28,35)(H3,22,24,25,27);11-12,14-15,18H,8-10H2,1-7H3,(H3,22,24,25,27)/t12-,14?,15+,18-;12-,14?,15+,18-,34?;12-,14?,15+,18-/m111/s1. The van der Waals surface area contributed by atoms with Crippen LogP contribution in [0.15, 0.2) is 33.4 Å². The summed E-state index contributed by atoms with van der Waals surface area (Å²) in [5, 5.41) is 0. The molecule has 0 radical (unpaired) electrons. The maximum atomic E-state index is 12.9. The molecule has 9 rings (SSSR count). The van der Waals surface area contributed by atoms with Crippen LogP contribution < -0.4 is 33.9 Å². The van der Waals surface area contributed by atoms with E-state index in [9.17, 15) is 28.7 Å². The molecule has 0 amide bonds. The Kier molecular flexibility index (Phi) is 27.1. The molecule has 6 aromatic heterocycles. The SMILES string of the molecule is COCCO[C@H]1C(OC(C)(C)C)[C@@H](CC(C)(C)C)O[C@H]1n1cnc2c(=O)[nH]c(N)nc21.COCCO[C@H]1C(OP(=O)(O)OC(C)(C)C)[C@@H](CC(C)(C)C)O[C@H]1n1cnc2c(=O)[nH]c(N)nc21.COCCO[C@H]1C(OP(O)(=S)OC(C)(C)C)[C@@H](CC(C)(C)C)O[C@H]1n1cnc2c(=O)[nH]c(N)nc21. The van der Waals surface area contributed by atoms with E-state index < -0.39 is 109 Å². The second-order valence-corrected chi connectivity index (χ2v) is 35.5. The average Bonchev–Trinajstić information content (AvgIpc) is 1.62. The number of ether oxygens (including phenoxy) is 10. The third kappa shape index (κ3) is 23.3. The van der Waals surface area contributed by atoms with Crippen LogP contribution in [0.5, 0.6) is 0 Å². The molecule has 14 atom stereocenters. The van der Waals surface area contributed by atoms with Crippen LogP contribution in [0, 0.1) is 16.2 Å². The van der Waals surface area contributed by atoms with Crippen molar-refractivity contribution >= 4 is 77.7 Å². The van der Waals surface area contributed by atoms with Crippen molar-refractivity contribution in [2.45, 2.75) is 234 Å². The molecular weight excluding hydrogens is 1380 g/mol. The zero-order valence-corrected chi connectivity index (χ0v) is 64.4. The number of phosphoric acid groups is 1. The number of nitrogens with two attached hydrogens (primary N) is 3. The van der Waals surface area contributed by atoms with Crippen LogP contribution in [-0.4, -0.2) is 201 Å². The van der Waals surface area contributed by atoms with Crippen LogP contribution in [0.4, 0.5) is 17.8 Å². The average molecular weight is 1490 g/mol. The fourth-order valence-corrected chi connectivity index (χ4v) is 15.2. The molecule has 5 unspecified atom stereocenters. The first-order chi connectivity index (χ1) is 46.6. The van der Waals surface area contributed by atoms with Gasteiger partial charge < -0.3 is 78.9 Å². The molecule has 570 valence electrons. The predicted octanol–water partition coefficient (Wildman–Crippen LogP) is 7.10. The molecule has 35 nitrogen and oxygen atoms in total. The van der Waals surface area contributed by atoms with Gasteiger partial charge in [-0.2, -0.15) is 15.0 Å². The van der Waals surface area contributed by atoms with Gasteiger partial charge >= 0.3 is 14.5 Å². The minimum absolute atomic E-state index is 0.00691. The maximum absolute atomic E-state index is 12.9. The predicted molar refractivity (Wildman–Crippen MR) is 379 cm³/mol. The lowest BCUT2D eigenvalue weighted by atomic mass is 9.87. The summed E-state index contributed by atoms with van der Waals surface area (Å²) in [6.07, 6.45) is -1.74. The summed E-state index contributed by atoms with van der Waals surface area (Å²) >= 11 is 5.35. The Morgan fingerprint density at radius 1 is 0.465 bits per heavy atom. The number of methoxy groups -OCH3 is 3. The van der Waals surface area contributed by atoms with Crippen molar-refractivity contribution in [3.8, 4) is 0 Å². The minimum atomic E-state index is -4.52. The topological polar surface area (TPSA) is 456 Å². The normalized spacial score (nSPS) is 25.1. The molecule has 0 aliphatic carbocycles. The molecule has 0 spiro atoms. The molecule has 3 saturated heterocycles. The Bertz CT molecular complexity index is 3820. The van der Waals surface area contributed by atoms with Gasteiger partial charge in [0.25, 0.3) is 16.7 Å². The summed E-state index contributed by atoms with van der Waals surface area (Å²) in [5.74, 6) is -0.123. The van der Waals surface area contributed by atoms with E-state index in [4.69, 9.17) is 94.5 Å². The molecule has 3 fully saturated rings. The van der Waals surface area contributed by atoms with Gasteiger partial charge in [0, 0.05) is 21.3 Å². The van der Waals surface area contributed by atoms with E-state index in [2.05, 4.69) is 86.4 Å². The van der Waals surface area contributed by atoms with Gasteiger partial charge in [-0.25, -0.2) is 19.5 Å². The first-order valence-corrected chi connectivity index (χ1v) is 37.3. The van der Waals surface area contributed by atoms with Crippen LogP contribution in [0.3, 0.4) is 0 Å². The van der Waals surface area contributed by atoms with E-state index in [1.165, 1.54) is 30.7 Å². The summed E-state index contributed by atoms with van der Waals surface area (Å²) < 4.78 is 100. The number of nitrogens with zero attached hydrogens (tertiary/aromatic N) is 9. The third-order valence-electron chi connectivity index (χ3n) is 15.0. The molecule has 6 aromatic rings. The fraction of sp³-hybridized carbons (Fsp3) is 0.762. The molecule has 11 N–H and O–H groups in total. The Morgan fingerprint density at radius 3 is 1.05 bits per heavy atom. The first-order valence-electron chi connectivity index (χ1n) is 33.2. The second kappa shape index (κ2) is 33.0. The van der Waals surface area contributed by atoms with Crippen molar-refractivity contribution in [3.63, 3.8) is 0 Å². The molecule has 3 aliphatic heterocycles. The number of H-pyrrole nitrogens is 3. The number of nitrogen functional groups attached to an aromatic ring is 3. The van der Waals surface area contributed by atoms with Gasteiger partial charge in [-0.1, -0.05) is 62.3 Å². The summed E-state index contributed by atoms with van der Waals surface area (Å²) in [7, 11) is 0.205. The van der Waals surface area contributed by atoms with E-state index in [0.717, 1.165) is 6.42 Å². The van der Waals surface area contributed by atoms with Crippen LogP contribution in [0.2, 0.25) is 0 Å². The van der Waals surface area contributed by atoms with Crippen LogP contribution in [0.1, 0.15) is 163 Å². The van der Waals surface area contributed by atoms with Gasteiger partial charge in [0.15, 0.2) is 52.2 Å². The number of phosphoric ester groups is 1. The molecular formula is C63H107N15O20P2S. The number of imidazole rings is 3. The van der Waals surface area contributed by atoms with Gasteiger partial charge in [-0.3, -0.25) is 56.6 Å². The van der Waals surface area contributed by atoms with E-state index in [-0.39, 0.29) is 94.0 Å². The summed E-state index contributed by atoms with van der Waals surface area (Å²) in [6.45, 7) is 33.1. The summed E-state index contributed by atoms with van der Waals surface area (Å²) in [6, 6.07) is 0. The number of hydrogen-bond donors (Lipinski definition) is 8. The van der Waals surface area contributed by atoms with Crippen LogP contribution in [0.25, 0.3) is 33.5 Å². The monoisotopic (exact) mass is 1490 g/mol. The van der Waals surface area contributed by atoms with Gasteiger partial charge in [0.2, 0.25) is 17.8 Å². The molecule has 3 aliphatic rings. The smallest absolute Gasteiger partial charge is 0.382 e. The van der Waals surface area contributed by atoms with E-state index >= 15 is 0 Å². The number of aromatic amines is 3. The van der Waals surface area contributed by atoms with Crippen molar-refractivity contribution in [1.29, 1.82) is 0 Å². The molecule has 38 heteroatoms. The Balaban J connectivity index is 0.000000213. The number of aromatic nitrogens is 12. The van der Waals surface area contributed by atoms with Gasteiger partial charge in [-0.05, 0) is 110 Å². The summed E-state index contributed by atoms with van der Waals surface area (Å²) in [5.41, 5.74) is 14.7. The lowest BCUT2D eigenvalue weighted by Gasteiger charge is -2.33. The van der Waals surface area contributed by atoms with E-state index in [1.54, 1.807) is 64.9 Å². The second-order valence-electron chi connectivity index (χ2n) is 31.5. The van der Waals surface area contributed by atoms with Crippen molar-refractivity contribution in [2.75, 3.05) is 78.2 Å². The number of fused-ring (bicyclic) bond motifs is 3. The molecule has 0 aromatic carbocycles. The molecule has 9 heterocycles. The van der Waals surface area contributed by atoms with Crippen LogP contribution in [-0.2, 0) is 81.8 Å². The lowest BCUT2D eigenvalue weighted by molar-refractivity contribution is -0.134. The van der Waals surface area contributed by atoms with Crippen molar-refractivity contribution in [3.05, 3.63) is 50.0 Å². The van der Waals surface area contributed by atoms with Crippen LogP contribution >= 0.6 is 14.5 Å². The Hall–Kier alpha value is -5.31. The highest BCUT2D eigenvalue weighted by Gasteiger charge is 2.54. The number of anilines is 3. The molecule has 101 heavy (non-hydrogen) atoms. The highest BCUT2D eigenvalue weighted by molar-refractivity contribution is 8.07. The number of hydrogen-bond acceptors (Lipinski definition) is 28. The molecule has 0 bridgehead atoms. The van der Waals surface area contributed by atoms with E-state index in [1.807, 2.05) is 41.5 Å². The lowest BCUT2D eigenvalue weighted by Crippen LogP contribution is -2.43. The molecule has 0 saturated carbocycles. The zero-order valence-electron chi connectivity index (χ0n) is 61.8. The number of nitrogens with one attached hydrogen (secondary N) is 3. The van der Waals surface area contributed by atoms with Gasteiger partial charge in [-0.15, -0.1) is 0 Å². The Morgan fingerprint density at radius 2 is 0.762 bits per heavy atom. The first kappa shape index (κ1) is 83.0. The maximum Gasteiger partial charge on any atom is 0.473 e. The van der Waals surface area contributed by atoms with Crippen molar-refractivity contribution in [2.24, 2.45) is 16.2 Å². The minimum Gasteiger partial charge on any atom is -0.382 e. The Labute approximate surface area is 592 Å². The quantitative estimate of drug-likeness (QED) is 0.0209.